The van der Waals surface area contributed by atoms with Gasteiger partial charge in [0.05, 0.1) is 5.52 Å². The van der Waals surface area contributed by atoms with E-state index in [0.29, 0.717) is 15.9 Å². The zero-order valence-corrected chi connectivity index (χ0v) is 11.7. The van der Waals surface area contributed by atoms with Crippen LogP contribution in [0, 0.1) is 0 Å². The van der Waals surface area contributed by atoms with Gasteiger partial charge in [0.15, 0.2) is 0 Å². The van der Waals surface area contributed by atoms with Gasteiger partial charge in [0.1, 0.15) is 11.3 Å². The Kier molecular flexibility index (Phi) is 3.49. The third-order valence-electron chi connectivity index (χ3n) is 3.68. The first-order chi connectivity index (χ1) is 9.66. The summed E-state index contributed by atoms with van der Waals surface area (Å²) in [6, 6.07) is 5.04. The molecule has 1 aromatic heterocycles. The van der Waals surface area contributed by atoms with Crippen LogP contribution in [0.25, 0.3) is 10.9 Å². The van der Waals surface area contributed by atoms with Gasteiger partial charge in [0.25, 0.3) is 5.91 Å². The summed E-state index contributed by atoms with van der Waals surface area (Å²) in [5.74, 6) is -0.159. The molecule has 4 nitrogen and oxygen atoms in total. The van der Waals surface area contributed by atoms with Crippen LogP contribution in [0.3, 0.4) is 0 Å². The molecule has 0 aliphatic carbocycles. The average Bonchev–Trinajstić information content (AvgIpc) is 2.48. The van der Waals surface area contributed by atoms with Crippen molar-refractivity contribution in [3.63, 3.8) is 0 Å². The van der Waals surface area contributed by atoms with Crippen molar-refractivity contribution < 1.29 is 9.90 Å². The number of benzene rings is 1. The minimum atomic E-state index is -0.147. The molecule has 5 heteroatoms. The van der Waals surface area contributed by atoms with E-state index >= 15 is 0 Å². The van der Waals surface area contributed by atoms with Crippen molar-refractivity contribution in [2.45, 2.75) is 19.3 Å². The Morgan fingerprint density at radius 3 is 2.75 bits per heavy atom. The van der Waals surface area contributed by atoms with Crippen molar-refractivity contribution in [2.75, 3.05) is 13.1 Å². The summed E-state index contributed by atoms with van der Waals surface area (Å²) in [5.41, 5.74) is 0.854. The van der Waals surface area contributed by atoms with Crippen molar-refractivity contribution in [3.05, 3.63) is 35.0 Å². The van der Waals surface area contributed by atoms with Crippen molar-refractivity contribution >= 4 is 28.4 Å². The largest absolute Gasteiger partial charge is 0.506 e. The predicted octanol–water partition coefficient (Wildman–Crippen LogP) is 3.22. The van der Waals surface area contributed by atoms with Gasteiger partial charge in [-0.3, -0.25) is 9.78 Å². The molecular formula is C15H15ClN2O2. The van der Waals surface area contributed by atoms with Gasteiger partial charge in [-0.1, -0.05) is 11.6 Å². The molecule has 2 heterocycles. The molecule has 20 heavy (non-hydrogen) atoms. The van der Waals surface area contributed by atoms with Gasteiger partial charge in [-0.15, -0.1) is 0 Å². The molecule has 0 radical (unpaired) electrons. The number of halogens is 1. The number of aromatic hydroxyl groups is 1. The van der Waals surface area contributed by atoms with E-state index < -0.39 is 0 Å². The first kappa shape index (κ1) is 13.2. The molecule has 3 rings (SSSR count). The van der Waals surface area contributed by atoms with E-state index in [9.17, 15) is 9.90 Å². The quantitative estimate of drug-likeness (QED) is 0.877. The van der Waals surface area contributed by atoms with Crippen LogP contribution < -0.4 is 0 Å². The predicted molar refractivity (Wildman–Crippen MR) is 78.2 cm³/mol. The number of hydrogen-bond donors (Lipinski definition) is 1. The third kappa shape index (κ3) is 2.31. The molecule has 0 atom stereocenters. The standard InChI is InChI=1S/C15H15ClN2O2/c16-10-4-5-11-13(8-10)17-9-12(14(11)19)15(20)18-6-2-1-3-7-18/h4-5,8-9H,1-3,6-7H2,(H,17,19). The number of amides is 1. The maximum absolute atomic E-state index is 12.4. The second-order valence-electron chi connectivity index (χ2n) is 5.03. The molecule has 1 fully saturated rings. The molecule has 1 aromatic carbocycles. The van der Waals surface area contributed by atoms with E-state index in [4.69, 9.17) is 11.6 Å². The number of fused-ring (bicyclic) bond motifs is 1. The lowest BCUT2D eigenvalue weighted by molar-refractivity contribution is 0.0721. The molecule has 104 valence electrons. The third-order valence-corrected chi connectivity index (χ3v) is 3.91. The highest BCUT2D eigenvalue weighted by atomic mass is 35.5. The smallest absolute Gasteiger partial charge is 0.259 e. The van der Waals surface area contributed by atoms with Crippen LogP contribution in [0.1, 0.15) is 29.6 Å². The molecule has 1 aliphatic heterocycles. The summed E-state index contributed by atoms with van der Waals surface area (Å²) in [4.78, 5) is 18.4. The Morgan fingerprint density at radius 1 is 1.25 bits per heavy atom. The maximum Gasteiger partial charge on any atom is 0.259 e. The van der Waals surface area contributed by atoms with Gasteiger partial charge in [-0.05, 0) is 37.5 Å². The van der Waals surface area contributed by atoms with Crippen molar-refractivity contribution in [2.24, 2.45) is 0 Å². The second-order valence-corrected chi connectivity index (χ2v) is 5.47. The molecular weight excluding hydrogens is 276 g/mol. The molecule has 2 aromatic rings. The first-order valence-electron chi connectivity index (χ1n) is 6.73. The molecule has 1 saturated heterocycles. The second kappa shape index (κ2) is 5.29. The Hall–Kier alpha value is -1.81. The monoisotopic (exact) mass is 290 g/mol. The Balaban J connectivity index is 2.01. The van der Waals surface area contributed by atoms with Crippen LogP contribution in [-0.2, 0) is 0 Å². The van der Waals surface area contributed by atoms with E-state index in [-0.39, 0.29) is 17.2 Å². The summed E-state index contributed by atoms with van der Waals surface area (Å²) >= 11 is 5.90. The highest BCUT2D eigenvalue weighted by molar-refractivity contribution is 6.31. The van der Waals surface area contributed by atoms with E-state index in [0.717, 1.165) is 32.4 Å². The van der Waals surface area contributed by atoms with Gasteiger partial charge in [-0.25, -0.2) is 0 Å². The number of likely N-dealkylation sites (tertiary alicyclic amines) is 1. The summed E-state index contributed by atoms with van der Waals surface area (Å²) in [5, 5.41) is 11.4. The van der Waals surface area contributed by atoms with E-state index in [1.807, 2.05) is 0 Å². The maximum atomic E-state index is 12.4. The molecule has 0 bridgehead atoms. The lowest BCUT2D eigenvalue weighted by Crippen LogP contribution is -2.35. The van der Waals surface area contributed by atoms with Gasteiger partial charge in [0, 0.05) is 29.7 Å². The zero-order valence-electron chi connectivity index (χ0n) is 11.0. The number of aromatic nitrogens is 1. The average molecular weight is 291 g/mol. The molecule has 1 aliphatic rings. The highest BCUT2D eigenvalue weighted by Gasteiger charge is 2.22. The molecule has 0 unspecified atom stereocenters. The lowest BCUT2D eigenvalue weighted by Gasteiger charge is -2.26. The topological polar surface area (TPSA) is 53.4 Å². The number of rotatable bonds is 1. The van der Waals surface area contributed by atoms with Gasteiger partial charge in [-0.2, -0.15) is 0 Å². The van der Waals surface area contributed by atoms with Gasteiger partial charge in [0.2, 0.25) is 0 Å². The van der Waals surface area contributed by atoms with Gasteiger partial charge < -0.3 is 10.0 Å². The number of hydrogen-bond acceptors (Lipinski definition) is 3. The van der Waals surface area contributed by atoms with Crippen LogP contribution in [0.5, 0.6) is 5.75 Å². The number of carbonyl (C=O) groups excluding carboxylic acids is 1. The minimum absolute atomic E-state index is 0.0118. The number of pyridine rings is 1. The van der Waals surface area contributed by atoms with E-state index in [1.54, 1.807) is 23.1 Å². The zero-order chi connectivity index (χ0) is 14.1. The summed E-state index contributed by atoms with van der Waals surface area (Å²) in [7, 11) is 0. The van der Waals surface area contributed by atoms with Crippen molar-refractivity contribution in [1.82, 2.24) is 9.88 Å². The summed E-state index contributed by atoms with van der Waals surface area (Å²) < 4.78 is 0. The van der Waals surface area contributed by atoms with Crippen LogP contribution in [0.15, 0.2) is 24.4 Å². The van der Waals surface area contributed by atoms with E-state index in [1.165, 1.54) is 6.20 Å². The normalized spacial score (nSPS) is 15.6. The molecule has 0 saturated carbocycles. The van der Waals surface area contributed by atoms with Crippen LogP contribution in [0.2, 0.25) is 5.02 Å². The SMILES string of the molecule is O=C(c1cnc2cc(Cl)ccc2c1O)N1CCCCC1. The lowest BCUT2D eigenvalue weighted by atomic mass is 10.1. The fourth-order valence-corrected chi connectivity index (χ4v) is 2.74. The molecule has 1 N–H and O–H groups in total. The van der Waals surface area contributed by atoms with Crippen molar-refractivity contribution in [3.8, 4) is 5.75 Å². The van der Waals surface area contributed by atoms with Crippen LogP contribution in [-0.4, -0.2) is 34.0 Å². The van der Waals surface area contributed by atoms with Crippen LogP contribution >= 0.6 is 11.6 Å². The highest BCUT2D eigenvalue weighted by Crippen LogP contribution is 2.30. The van der Waals surface area contributed by atoms with Gasteiger partial charge >= 0.3 is 0 Å². The van der Waals surface area contributed by atoms with Crippen molar-refractivity contribution in [1.29, 1.82) is 0 Å². The number of piperidine rings is 1. The number of carbonyl (C=O) groups is 1. The van der Waals surface area contributed by atoms with E-state index in [2.05, 4.69) is 4.98 Å². The Bertz CT molecular complexity index is 666. The minimum Gasteiger partial charge on any atom is -0.506 e. The summed E-state index contributed by atoms with van der Waals surface area (Å²) in [6.07, 6.45) is 4.63. The van der Waals surface area contributed by atoms with Crippen LogP contribution in [0.4, 0.5) is 0 Å². The molecule has 0 spiro atoms. The Morgan fingerprint density at radius 2 is 2.00 bits per heavy atom. The number of nitrogens with zero attached hydrogens (tertiary/aromatic N) is 2. The fourth-order valence-electron chi connectivity index (χ4n) is 2.58. The summed E-state index contributed by atoms with van der Waals surface area (Å²) in [6.45, 7) is 1.49. The first-order valence-corrected chi connectivity index (χ1v) is 7.11. The fraction of sp³-hybridized carbons (Fsp3) is 0.333. The Labute approximate surface area is 122 Å². The molecule has 1 amide bonds.